The smallest absolute Gasteiger partial charge is 0.366 e. The number of anilines is 3. The van der Waals surface area contributed by atoms with Crippen LogP contribution in [-0.4, -0.2) is 47.5 Å². The van der Waals surface area contributed by atoms with Gasteiger partial charge in [-0.05, 0) is 42.8 Å². The van der Waals surface area contributed by atoms with Crippen molar-refractivity contribution in [3.05, 3.63) is 60.7 Å². The second-order valence-electron chi connectivity index (χ2n) is 7.47. The minimum absolute atomic E-state index is 0.455. The third-order valence-corrected chi connectivity index (χ3v) is 5.48. The summed E-state index contributed by atoms with van der Waals surface area (Å²) in [6.07, 6.45) is 1.76. The summed E-state index contributed by atoms with van der Waals surface area (Å²) in [5.74, 6) is 0.885. The number of rotatable bonds is 3. The van der Waals surface area contributed by atoms with E-state index in [9.17, 15) is 18.0 Å². The van der Waals surface area contributed by atoms with Gasteiger partial charge in [0.1, 0.15) is 5.69 Å². The van der Waals surface area contributed by atoms with Crippen LogP contribution in [0.25, 0.3) is 11.3 Å². The first kappa shape index (κ1) is 21.5. The number of nitrogens with one attached hydrogen (secondary N) is 1. The van der Waals surface area contributed by atoms with E-state index in [4.69, 9.17) is 0 Å². The van der Waals surface area contributed by atoms with E-state index in [0.29, 0.717) is 29.4 Å². The molecule has 32 heavy (non-hydrogen) atoms. The Morgan fingerprint density at radius 1 is 1.16 bits per heavy atom. The summed E-state index contributed by atoms with van der Waals surface area (Å²) in [7, 11) is 2.02. The van der Waals surface area contributed by atoms with Crippen LogP contribution in [0.3, 0.4) is 0 Å². The lowest BCUT2D eigenvalue weighted by atomic mass is 10.1. The van der Waals surface area contributed by atoms with E-state index < -0.39 is 11.9 Å². The van der Waals surface area contributed by atoms with Crippen LogP contribution in [0, 0.1) is 0 Å². The zero-order valence-electron chi connectivity index (χ0n) is 17.3. The number of amides is 1. The average Bonchev–Trinajstić information content (AvgIpc) is 3.25. The highest BCUT2D eigenvalue weighted by Gasteiger charge is 2.35. The third kappa shape index (κ3) is 4.48. The first-order chi connectivity index (χ1) is 15.4. The van der Waals surface area contributed by atoms with Crippen molar-refractivity contribution in [3.63, 3.8) is 0 Å². The maximum atomic E-state index is 12.6. The van der Waals surface area contributed by atoms with Crippen LogP contribution in [0.4, 0.5) is 30.4 Å². The maximum Gasteiger partial charge on any atom is 0.433 e. The molecule has 3 aromatic heterocycles. The molecule has 10 heteroatoms. The van der Waals surface area contributed by atoms with Gasteiger partial charge in [-0.1, -0.05) is 0 Å². The Kier molecular flexibility index (Phi) is 5.93. The van der Waals surface area contributed by atoms with Crippen molar-refractivity contribution < 1.29 is 18.0 Å². The van der Waals surface area contributed by atoms with E-state index in [-0.39, 0.29) is 0 Å². The SMILES string of the molecule is CN1c2nc(-c3ccc(C(F)(F)F)nc3)ccc2N2CCC1C2.O=CNc1cccnc1. The standard InChI is InChI=1S/C16H15F3N4.C6H6N2O/c1-22-11-6-7-23(9-11)13-4-3-12(21-15(13)22)10-2-5-14(20-8-10)16(17,18)19;9-5-8-6-2-1-3-7-4-6/h2-5,8,11H,6-7,9H2,1H3;1-5H,(H,8,9). The summed E-state index contributed by atoms with van der Waals surface area (Å²) >= 11 is 0. The van der Waals surface area contributed by atoms with Gasteiger partial charge in [-0.25, -0.2) is 4.98 Å². The Labute approximate surface area is 182 Å². The zero-order chi connectivity index (χ0) is 22.7. The highest BCUT2D eigenvalue weighted by Crippen LogP contribution is 2.39. The second-order valence-corrected chi connectivity index (χ2v) is 7.47. The molecule has 166 valence electrons. The molecule has 1 N–H and O–H groups in total. The molecule has 0 aliphatic carbocycles. The number of aromatic nitrogens is 3. The molecule has 1 fully saturated rings. The lowest BCUT2D eigenvalue weighted by Gasteiger charge is -2.34. The number of hydrogen-bond donors (Lipinski definition) is 1. The van der Waals surface area contributed by atoms with Crippen molar-refractivity contribution in [2.45, 2.75) is 18.6 Å². The number of fused-ring (bicyclic) bond motifs is 4. The molecule has 0 saturated carbocycles. The van der Waals surface area contributed by atoms with Crippen LogP contribution in [0.15, 0.2) is 55.0 Å². The second kappa shape index (κ2) is 8.81. The summed E-state index contributed by atoms with van der Waals surface area (Å²) in [5, 5.41) is 2.46. The first-order valence-corrected chi connectivity index (χ1v) is 9.99. The molecular formula is C22H21F3N6O. The van der Waals surface area contributed by atoms with Gasteiger partial charge < -0.3 is 15.1 Å². The van der Waals surface area contributed by atoms with Crippen molar-refractivity contribution >= 4 is 23.6 Å². The Hall–Kier alpha value is -3.69. The Morgan fingerprint density at radius 3 is 2.66 bits per heavy atom. The Bertz CT molecular complexity index is 1080. The molecule has 1 saturated heterocycles. The van der Waals surface area contributed by atoms with Crippen molar-refractivity contribution in [2.75, 3.05) is 35.3 Å². The summed E-state index contributed by atoms with van der Waals surface area (Å²) < 4.78 is 37.8. The van der Waals surface area contributed by atoms with Gasteiger partial charge in [0.2, 0.25) is 6.41 Å². The summed E-state index contributed by atoms with van der Waals surface area (Å²) in [6.45, 7) is 2.03. The van der Waals surface area contributed by atoms with Crippen LogP contribution in [0.2, 0.25) is 0 Å². The van der Waals surface area contributed by atoms with Gasteiger partial charge >= 0.3 is 6.18 Å². The summed E-state index contributed by atoms with van der Waals surface area (Å²) in [6, 6.07) is 10.2. The van der Waals surface area contributed by atoms with Gasteiger partial charge in [0.05, 0.1) is 23.3 Å². The number of likely N-dealkylation sites (N-methyl/N-ethyl adjacent to an activating group) is 1. The van der Waals surface area contributed by atoms with Crippen molar-refractivity contribution in [1.29, 1.82) is 0 Å². The van der Waals surface area contributed by atoms with Gasteiger partial charge in [0.15, 0.2) is 5.82 Å². The van der Waals surface area contributed by atoms with E-state index in [2.05, 4.69) is 30.1 Å². The fraction of sp³-hybridized carbons (Fsp3) is 0.273. The van der Waals surface area contributed by atoms with Crippen LogP contribution in [0.5, 0.6) is 0 Å². The fourth-order valence-electron chi connectivity index (χ4n) is 3.79. The number of alkyl halides is 3. The molecular weight excluding hydrogens is 421 g/mol. The lowest BCUT2D eigenvalue weighted by Crippen LogP contribution is -2.40. The quantitative estimate of drug-likeness (QED) is 0.622. The molecule has 7 nitrogen and oxygen atoms in total. The normalized spacial score (nSPS) is 16.7. The molecule has 2 bridgehead atoms. The number of nitrogens with zero attached hydrogens (tertiary/aromatic N) is 5. The minimum atomic E-state index is -4.42. The predicted octanol–water partition coefficient (Wildman–Crippen LogP) is 3.84. The summed E-state index contributed by atoms with van der Waals surface area (Å²) in [5.41, 5.74) is 2.14. The summed E-state index contributed by atoms with van der Waals surface area (Å²) in [4.78, 5) is 26.3. The van der Waals surface area contributed by atoms with E-state index in [1.165, 1.54) is 12.3 Å². The largest absolute Gasteiger partial charge is 0.433 e. The third-order valence-electron chi connectivity index (χ3n) is 5.48. The molecule has 1 atom stereocenters. The molecule has 5 rings (SSSR count). The van der Waals surface area contributed by atoms with E-state index in [1.54, 1.807) is 24.5 Å². The molecule has 0 aromatic carbocycles. The van der Waals surface area contributed by atoms with Gasteiger partial charge in [-0.15, -0.1) is 0 Å². The van der Waals surface area contributed by atoms with E-state index >= 15 is 0 Å². The molecule has 1 amide bonds. The zero-order valence-corrected chi connectivity index (χ0v) is 17.3. The first-order valence-electron chi connectivity index (χ1n) is 9.99. The molecule has 2 aliphatic rings. The van der Waals surface area contributed by atoms with E-state index in [0.717, 1.165) is 37.1 Å². The van der Waals surface area contributed by atoms with Gasteiger partial charge in [-0.2, -0.15) is 13.2 Å². The van der Waals surface area contributed by atoms with Crippen LogP contribution in [-0.2, 0) is 11.0 Å². The van der Waals surface area contributed by atoms with Crippen LogP contribution >= 0.6 is 0 Å². The van der Waals surface area contributed by atoms with Gasteiger partial charge in [0.25, 0.3) is 0 Å². The minimum Gasteiger partial charge on any atom is -0.366 e. The maximum absolute atomic E-state index is 12.6. The highest BCUT2D eigenvalue weighted by molar-refractivity contribution is 5.75. The Balaban J connectivity index is 0.000000230. The molecule has 1 unspecified atom stereocenters. The van der Waals surface area contributed by atoms with Crippen LogP contribution in [0.1, 0.15) is 12.1 Å². The Morgan fingerprint density at radius 2 is 2.00 bits per heavy atom. The number of hydrogen-bond acceptors (Lipinski definition) is 6. The van der Waals surface area contributed by atoms with Crippen molar-refractivity contribution in [1.82, 2.24) is 15.0 Å². The monoisotopic (exact) mass is 442 g/mol. The molecule has 3 aromatic rings. The van der Waals surface area contributed by atoms with Crippen LogP contribution < -0.4 is 15.1 Å². The molecule has 2 aliphatic heterocycles. The number of carbonyl (C=O) groups is 1. The number of pyridine rings is 3. The lowest BCUT2D eigenvalue weighted by molar-refractivity contribution is -0.141. The molecule has 5 heterocycles. The fourth-order valence-corrected chi connectivity index (χ4v) is 3.79. The van der Waals surface area contributed by atoms with Crippen molar-refractivity contribution in [2.24, 2.45) is 0 Å². The van der Waals surface area contributed by atoms with Crippen molar-refractivity contribution in [3.8, 4) is 11.3 Å². The van der Waals surface area contributed by atoms with E-state index in [1.807, 2.05) is 19.2 Å². The van der Waals surface area contributed by atoms with Gasteiger partial charge in [-0.3, -0.25) is 14.8 Å². The average molecular weight is 442 g/mol. The van der Waals surface area contributed by atoms with Gasteiger partial charge in [0, 0.05) is 44.1 Å². The molecule has 0 radical (unpaired) electrons. The number of carbonyl (C=O) groups excluding carboxylic acids is 1. The highest BCUT2D eigenvalue weighted by atomic mass is 19.4. The topological polar surface area (TPSA) is 74.2 Å². The number of halogens is 3. The predicted molar refractivity (Wildman–Crippen MR) is 115 cm³/mol. The molecule has 0 spiro atoms.